The van der Waals surface area contributed by atoms with Gasteiger partial charge in [-0.05, 0) is 31.0 Å². The predicted octanol–water partition coefficient (Wildman–Crippen LogP) is 1.94. The SMILES string of the molecule is CC1CN(CCC(N)c2cccc(F)c2)CCO1. The molecule has 0 radical (unpaired) electrons. The summed E-state index contributed by atoms with van der Waals surface area (Å²) in [5.41, 5.74) is 6.96. The van der Waals surface area contributed by atoms with Crippen molar-refractivity contribution in [2.75, 3.05) is 26.2 Å². The molecule has 0 aliphatic carbocycles. The summed E-state index contributed by atoms with van der Waals surface area (Å²) in [5, 5.41) is 0. The fraction of sp³-hybridized carbons (Fsp3) is 0.571. The van der Waals surface area contributed by atoms with E-state index >= 15 is 0 Å². The number of nitrogens with zero attached hydrogens (tertiary/aromatic N) is 1. The van der Waals surface area contributed by atoms with Crippen LogP contribution in [0.3, 0.4) is 0 Å². The molecule has 0 bridgehead atoms. The molecule has 0 amide bonds. The Hall–Kier alpha value is -0.970. The zero-order chi connectivity index (χ0) is 13.0. The molecule has 1 aromatic rings. The molecule has 1 saturated heterocycles. The van der Waals surface area contributed by atoms with Gasteiger partial charge in [0.15, 0.2) is 0 Å². The van der Waals surface area contributed by atoms with Crippen LogP contribution in [0, 0.1) is 5.82 Å². The number of morpholine rings is 1. The molecular weight excluding hydrogens is 231 g/mol. The van der Waals surface area contributed by atoms with Crippen LogP contribution in [-0.2, 0) is 4.74 Å². The van der Waals surface area contributed by atoms with Crippen molar-refractivity contribution in [1.29, 1.82) is 0 Å². The molecule has 2 unspecified atom stereocenters. The molecule has 1 heterocycles. The molecule has 100 valence electrons. The van der Waals surface area contributed by atoms with E-state index in [9.17, 15) is 4.39 Å². The maximum absolute atomic E-state index is 13.1. The van der Waals surface area contributed by atoms with Crippen molar-refractivity contribution < 1.29 is 9.13 Å². The third-order valence-corrected chi connectivity index (χ3v) is 3.36. The van der Waals surface area contributed by atoms with Gasteiger partial charge >= 0.3 is 0 Å². The lowest BCUT2D eigenvalue weighted by atomic mass is 10.0. The van der Waals surface area contributed by atoms with Crippen molar-refractivity contribution >= 4 is 0 Å². The Balaban J connectivity index is 1.82. The lowest BCUT2D eigenvalue weighted by molar-refractivity contribution is -0.0189. The molecule has 1 fully saturated rings. The summed E-state index contributed by atoms with van der Waals surface area (Å²) in [4.78, 5) is 2.35. The highest BCUT2D eigenvalue weighted by Crippen LogP contribution is 2.16. The maximum atomic E-state index is 13.1. The van der Waals surface area contributed by atoms with Gasteiger partial charge in [-0.15, -0.1) is 0 Å². The predicted molar refractivity (Wildman–Crippen MR) is 69.8 cm³/mol. The first-order valence-corrected chi connectivity index (χ1v) is 6.50. The summed E-state index contributed by atoms with van der Waals surface area (Å²) in [6, 6.07) is 6.46. The zero-order valence-electron chi connectivity index (χ0n) is 10.8. The highest BCUT2D eigenvalue weighted by molar-refractivity contribution is 5.19. The van der Waals surface area contributed by atoms with Gasteiger partial charge in [0.25, 0.3) is 0 Å². The largest absolute Gasteiger partial charge is 0.376 e. The lowest BCUT2D eigenvalue weighted by Gasteiger charge is -2.31. The Kier molecular flexibility index (Phi) is 4.69. The van der Waals surface area contributed by atoms with Gasteiger partial charge in [0.05, 0.1) is 12.7 Å². The lowest BCUT2D eigenvalue weighted by Crippen LogP contribution is -2.42. The van der Waals surface area contributed by atoms with E-state index in [2.05, 4.69) is 11.8 Å². The van der Waals surface area contributed by atoms with Gasteiger partial charge < -0.3 is 10.5 Å². The molecule has 0 aromatic heterocycles. The van der Waals surface area contributed by atoms with Crippen LogP contribution in [0.1, 0.15) is 24.9 Å². The van der Waals surface area contributed by atoms with Crippen molar-refractivity contribution in [2.45, 2.75) is 25.5 Å². The Labute approximate surface area is 108 Å². The highest BCUT2D eigenvalue weighted by atomic mass is 19.1. The van der Waals surface area contributed by atoms with Gasteiger partial charge in [0.1, 0.15) is 5.82 Å². The third kappa shape index (κ3) is 3.77. The standard InChI is InChI=1S/C14H21FN2O/c1-11-10-17(7-8-18-11)6-5-14(16)12-3-2-4-13(15)9-12/h2-4,9,11,14H,5-8,10,16H2,1H3. The zero-order valence-corrected chi connectivity index (χ0v) is 10.8. The van der Waals surface area contributed by atoms with E-state index in [1.165, 1.54) is 12.1 Å². The Morgan fingerprint density at radius 1 is 1.56 bits per heavy atom. The first-order chi connectivity index (χ1) is 8.65. The minimum absolute atomic E-state index is 0.0983. The van der Waals surface area contributed by atoms with Gasteiger partial charge in [-0.25, -0.2) is 4.39 Å². The van der Waals surface area contributed by atoms with Crippen LogP contribution < -0.4 is 5.73 Å². The second-order valence-electron chi connectivity index (χ2n) is 4.93. The van der Waals surface area contributed by atoms with Crippen molar-refractivity contribution in [1.82, 2.24) is 4.90 Å². The molecule has 1 aliphatic rings. The number of hydrogen-bond acceptors (Lipinski definition) is 3. The minimum Gasteiger partial charge on any atom is -0.376 e. The van der Waals surface area contributed by atoms with Gasteiger partial charge in [-0.3, -0.25) is 4.90 Å². The summed E-state index contributed by atoms with van der Waals surface area (Å²) in [5.74, 6) is -0.219. The van der Waals surface area contributed by atoms with E-state index in [1.54, 1.807) is 6.07 Å². The van der Waals surface area contributed by atoms with Gasteiger partial charge in [-0.2, -0.15) is 0 Å². The normalized spacial score (nSPS) is 22.9. The number of ether oxygens (including phenoxy) is 1. The summed E-state index contributed by atoms with van der Waals surface area (Å²) in [6.07, 6.45) is 1.14. The number of nitrogens with two attached hydrogens (primary N) is 1. The van der Waals surface area contributed by atoms with Crippen molar-refractivity contribution in [3.05, 3.63) is 35.6 Å². The van der Waals surface area contributed by atoms with E-state index in [-0.39, 0.29) is 11.9 Å². The van der Waals surface area contributed by atoms with E-state index < -0.39 is 0 Å². The van der Waals surface area contributed by atoms with Crippen molar-refractivity contribution in [3.8, 4) is 0 Å². The highest BCUT2D eigenvalue weighted by Gasteiger charge is 2.17. The average molecular weight is 252 g/mol. The molecule has 2 atom stereocenters. The minimum atomic E-state index is -0.219. The second-order valence-corrected chi connectivity index (χ2v) is 4.93. The molecule has 2 N–H and O–H groups in total. The number of hydrogen-bond donors (Lipinski definition) is 1. The summed E-state index contributed by atoms with van der Waals surface area (Å²) >= 11 is 0. The van der Waals surface area contributed by atoms with E-state index in [0.29, 0.717) is 6.10 Å². The first kappa shape index (κ1) is 13.5. The first-order valence-electron chi connectivity index (χ1n) is 6.50. The molecule has 1 aliphatic heterocycles. The van der Waals surface area contributed by atoms with Crippen LogP contribution in [0.2, 0.25) is 0 Å². The number of rotatable bonds is 4. The quantitative estimate of drug-likeness (QED) is 0.890. The molecule has 3 nitrogen and oxygen atoms in total. The van der Waals surface area contributed by atoms with Crippen molar-refractivity contribution in [2.24, 2.45) is 5.73 Å². The van der Waals surface area contributed by atoms with Crippen LogP contribution >= 0.6 is 0 Å². The Bertz CT molecular complexity index is 386. The van der Waals surface area contributed by atoms with Crippen LogP contribution in [0.5, 0.6) is 0 Å². The summed E-state index contributed by atoms with van der Waals surface area (Å²) in [6.45, 7) is 5.72. The Morgan fingerprint density at radius 2 is 2.39 bits per heavy atom. The topological polar surface area (TPSA) is 38.5 Å². The van der Waals surface area contributed by atoms with Crippen molar-refractivity contribution in [3.63, 3.8) is 0 Å². The fourth-order valence-corrected chi connectivity index (χ4v) is 2.32. The van der Waals surface area contributed by atoms with E-state index in [4.69, 9.17) is 10.5 Å². The van der Waals surface area contributed by atoms with Crippen LogP contribution in [0.15, 0.2) is 24.3 Å². The van der Waals surface area contributed by atoms with Crippen LogP contribution in [0.25, 0.3) is 0 Å². The third-order valence-electron chi connectivity index (χ3n) is 3.36. The number of benzene rings is 1. The Morgan fingerprint density at radius 3 is 3.11 bits per heavy atom. The van der Waals surface area contributed by atoms with E-state index in [0.717, 1.165) is 38.2 Å². The molecule has 4 heteroatoms. The summed E-state index contributed by atoms with van der Waals surface area (Å²) in [7, 11) is 0. The molecule has 0 saturated carbocycles. The second kappa shape index (κ2) is 6.27. The molecule has 0 spiro atoms. The fourth-order valence-electron chi connectivity index (χ4n) is 2.32. The monoisotopic (exact) mass is 252 g/mol. The van der Waals surface area contributed by atoms with Gasteiger partial charge in [-0.1, -0.05) is 12.1 Å². The van der Waals surface area contributed by atoms with E-state index in [1.807, 2.05) is 6.07 Å². The molecule has 18 heavy (non-hydrogen) atoms. The van der Waals surface area contributed by atoms with Gasteiger partial charge in [0, 0.05) is 25.7 Å². The molecule has 2 rings (SSSR count). The van der Waals surface area contributed by atoms with Crippen LogP contribution in [0.4, 0.5) is 4.39 Å². The summed E-state index contributed by atoms with van der Waals surface area (Å²) < 4.78 is 18.6. The van der Waals surface area contributed by atoms with Crippen LogP contribution in [-0.4, -0.2) is 37.2 Å². The maximum Gasteiger partial charge on any atom is 0.123 e. The molecular formula is C14H21FN2O. The number of halogens is 1. The average Bonchev–Trinajstić information content (AvgIpc) is 2.36. The smallest absolute Gasteiger partial charge is 0.123 e. The van der Waals surface area contributed by atoms with Gasteiger partial charge in [0.2, 0.25) is 0 Å². The molecule has 1 aromatic carbocycles.